The van der Waals surface area contributed by atoms with Gasteiger partial charge in [-0.1, -0.05) is 18.2 Å². The fourth-order valence-corrected chi connectivity index (χ4v) is 2.76. The van der Waals surface area contributed by atoms with Gasteiger partial charge in [-0.05, 0) is 37.6 Å². The fourth-order valence-electron chi connectivity index (χ4n) is 2.76. The number of carbonyl (C=O) groups is 2. The van der Waals surface area contributed by atoms with Gasteiger partial charge in [-0.2, -0.15) is 5.10 Å². The molecule has 0 aliphatic rings. The summed E-state index contributed by atoms with van der Waals surface area (Å²) in [7, 11) is 1.65. The summed E-state index contributed by atoms with van der Waals surface area (Å²) in [4.78, 5) is 25.2. The molecule has 7 heteroatoms. The Bertz CT molecular complexity index is 943. The van der Waals surface area contributed by atoms with Gasteiger partial charge in [0, 0.05) is 26.2 Å². The minimum Gasteiger partial charge on any atom is -0.481 e. The molecule has 0 spiro atoms. The van der Waals surface area contributed by atoms with Gasteiger partial charge in [0.15, 0.2) is 5.76 Å². The van der Waals surface area contributed by atoms with Crippen molar-refractivity contribution in [2.24, 2.45) is 0 Å². The molecular weight excluding hydrogens is 346 g/mol. The number of benzene rings is 1. The Morgan fingerprint density at radius 2 is 1.93 bits per heavy atom. The van der Waals surface area contributed by atoms with Gasteiger partial charge >= 0.3 is 5.97 Å². The maximum Gasteiger partial charge on any atom is 0.303 e. The van der Waals surface area contributed by atoms with Crippen molar-refractivity contribution >= 4 is 11.9 Å². The number of rotatable bonds is 7. The minimum atomic E-state index is -0.875. The summed E-state index contributed by atoms with van der Waals surface area (Å²) < 4.78 is 7.32. The lowest BCUT2D eigenvalue weighted by Gasteiger charge is -2.16. The van der Waals surface area contributed by atoms with Crippen molar-refractivity contribution in [2.45, 2.75) is 19.8 Å². The maximum atomic E-state index is 12.9. The molecule has 0 bridgehead atoms. The minimum absolute atomic E-state index is 0.0190. The number of aliphatic carboxylic acids is 1. The number of aromatic nitrogens is 2. The number of para-hydroxylation sites is 1. The molecule has 1 N–H and O–H groups in total. The van der Waals surface area contributed by atoms with Gasteiger partial charge in [0.1, 0.15) is 11.5 Å². The van der Waals surface area contributed by atoms with E-state index in [1.807, 2.05) is 43.3 Å². The number of carboxylic acid groups (broad SMARTS) is 1. The Kier molecular flexibility index (Phi) is 5.40. The summed E-state index contributed by atoms with van der Waals surface area (Å²) in [6.07, 6.45) is 2.09. The van der Waals surface area contributed by atoms with Crippen LogP contribution in [0.1, 0.15) is 29.0 Å². The summed E-state index contributed by atoms with van der Waals surface area (Å²) in [5.41, 5.74) is 1.70. The van der Waals surface area contributed by atoms with Crippen molar-refractivity contribution in [3.8, 4) is 17.1 Å². The molecule has 0 unspecified atom stereocenters. The summed E-state index contributed by atoms with van der Waals surface area (Å²) in [5.74, 6) is 0.142. The molecule has 0 aliphatic heterocycles. The van der Waals surface area contributed by atoms with Crippen molar-refractivity contribution in [1.82, 2.24) is 14.7 Å². The average Bonchev–Trinajstić information content (AvgIpc) is 3.27. The average molecular weight is 367 g/mol. The van der Waals surface area contributed by atoms with E-state index in [0.717, 1.165) is 11.4 Å². The third-order valence-corrected chi connectivity index (χ3v) is 4.17. The molecule has 1 aromatic carbocycles. The Morgan fingerprint density at radius 3 is 2.56 bits per heavy atom. The number of hydrogen-bond donors (Lipinski definition) is 1. The van der Waals surface area contributed by atoms with Gasteiger partial charge in [0.25, 0.3) is 5.91 Å². The van der Waals surface area contributed by atoms with Crippen LogP contribution in [0.15, 0.2) is 53.1 Å². The highest BCUT2D eigenvalue weighted by Crippen LogP contribution is 2.26. The first-order valence-electron chi connectivity index (χ1n) is 8.65. The molecule has 0 atom stereocenters. The molecule has 0 radical (unpaired) electrons. The molecule has 27 heavy (non-hydrogen) atoms. The lowest BCUT2D eigenvalue weighted by atomic mass is 10.2. The van der Waals surface area contributed by atoms with E-state index in [-0.39, 0.29) is 12.3 Å². The van der Waals surface area contributed by atoms with Crippen LogP contribution in [0.5, 0.6) is 0 Å². The lowest BCUT2D eigenvalue weighted by Crippen LogP contribution is -2.28. The van der Waals surface area contributed by atoms with Gasteiger partial charge in [-0.3, -0.25) is 9.59 Å². The largest absolute Gasteiger partial charge is 0.481 e. The van der Waals surface area contributed by atoms with E-state index in [9.17, 15) is 9.59 Å². The number of carbonyl (C=O) groups excluding carboxylic acids is 1. The third kappa shape index (κ3) is 4.25. The SMILES string of the molecule is Cc1ccc(-c2nn(-c3ccccc3)cc2C(=O)N(C)CCCC(=O)O)o1. The van der Waals surface area contributed by atoms with E-state index in [2.05, 4.69) is 5.10 Å². The second-order valence-electron chi connectivity index (χ2n) is 6.31. The molecule has 0 saturated carbocycles. The monoisotopic (exact) mass is 367 g/mol. The van der Waals surface area contributed by atoms with Crippen LogP contribution in [0.2, 0.25) is 0 Å². The fraction of sp³-hybridized carbons (Fsp3) is 0.250. The van der Waals surface area contributed by atoms with Crippen LogP contribution in [-0.2, 0) is 4.79 Å². The summed E-state index contributed by atoms with van der Waals surface area (Å²) in [6, 6.07) is 13.1. The van der Waals surface area contributed by atoms with Crippen LogP contribution in [0, 0.1) is 6.92 Å². The van der Waals surface area contributed by atoms with Crippen LogP contribution in [0.4, 0.5) is 0 Å². The first-order valence-corrected chi connectivity index (χ1v) is 8.65. The highest BCUT2D eigenvalue weighted by Gasteiger charge is 2.23. The highest BCUT2D eigenvalue weighted by molar-refractivity contribution is 5.99. The van der Waals surface area contributed by atoms with E-state index in [0.29, 0.717) is 30.0 Å². The van der Waals surface area contributed by atoms with Crippen LogP contribution >= 0.6 is 0 Å². The smallest absolute Gasteiger partial charge is 0.303 e. The summed E-state index contributed by atoms with van der Waals surface area (Å²) >= 11 is 0. The Morgan fingerprint density at radius 1 is 1.19 bits per heavy atom. The van der Waals surface area contributed by atoms with E-state index in [1.165, 1.54) is 4.90 Å². The van der Waals surface area contributed by atoms with Crippen LogP contribution in [0.3, 0.4) is 0 Å². The zero-order chi connectivity index (χ0) is 19.4. The van der Waals surface area contributed by atoms with E-state index in [1.54, 1.807) is 24.0 Å². The van der Waals surface area contributed by atoms with Crippen molar-refractivity contribution in [2.75, 3.05) is 13.6 Å². The Balaban J connectivity index is 1.93. The predicted octanol–water partition coefficient (Wildman–Crippen LogP) is 3.38. The van der Waals surface area contributed by atoms with E-state index >= 15 is 0 Å². The van der Waals surface area contributed by atoms with Crippen molar-refractivity contribution in [1.29, 1.82) is 0 Å². The number of nitrogens with zero attached hydrogens (tertiary/aromatic N) is 3. The molecule has 0 aliphatic carbocycles. The molecular formula is C20H21N3O4. The molecule has 140 valence electrons. The number of carboxylic acids is 1. The summed E-state index contributed by atoms with van der Waals surface area (Å²) in [5, 5.41) is 13.3. The first kappa shape index (κ1) is 18.4. The Labute approximate surface area is 156 Å². The normalized spacial score (nSPS) is 10.7. The zero-order valence-corrected chi connectivity index (χ0v) is 15.3. The number of amides is 1. The maximum absolute atomic E-state index is 12.9. The molecule has 1 amide bonds. The third-order valence-electron chi connectivity index (χ3n) is 4.17. The Hall–Kier alpha value is -3.35. The zero-order valence-electron chi connectivity index (χ0n) is 15.3. The van der Waals surface area contributed by atoms with Gasteiger partial charge in [-0.25, -0.2) is 4.68 Å². The van der Waals surface area contributed by atoms with Gasteiger partial charge in [0.2, 0.25) is 0 Å². The molecule has 2 aromatic heterocycles. The summed E-state index contributed by atoms with van der Waals surface area (Å²) in [6.45, 7) is 2.18. The van der Waals surface area contributed by atoms with Crippen LogP contribution in [-0.4, -0.2) is 45.3 Å². The van der Waals surface area contributed by atoms with Gasteiger partial charge in [-0.15, -0.1) is 0 Å². The van der Waals surface area contributed by atoms with Crippen LogP contribution < -0.4 is 0 Å². The second kappa shape index (κ2) is 7.90. The topological polar surface area (TPSA) is 88.6 Å². The number of aryl methyl sites for hydroxylation is 1. The molecule has 2 heterocycles. The van der Waals surface area contributed by atoms with Crippen molar-refractivity contribution in [3.05, 3.63) is 60.0 Å². The highest BCUT2D eigenvalue weighted by atomic mass is 16.4. The molecule has 3 rings (SSSR count). The molecule has 3 aromatic rings. The van der Waals surface area contributed by atoms with E-state index < -0.39 is 5.97 Å². The molecule has 0 saturated heterocycles. The van der Waals surface area contributed by atoms with E-state index in [4.69, 9.17) is 9.52 Å². The predicted molar refractivity (Wildman–Crippen MR) is 99.8 cm³/mol. The molecule has 7 nitrogen and oxygen atoms in total. The molecule has 0 fully saturated rings. The van der Waals surface area contributed by atoms with Gasteiger partial charge in [0.05, 0.1) is 11.3 Å². The quantitative estimate of drug-likeness (QED) is 0.691. The van der Waals surface area contributed by atoms with Crippen LogP contribution in [0.25, 0.3) is 17.1 Å². The second-order valence-corrected chi connectivity index (χ2v) is 6.31. The van der Waals surface area contributed by atoms with Gasteiger partial charge < -0.3 is 14.4 Å². The standard InChI is InChI=1S/C20H21N3O4/c1-14-10-11-17(27-14)19-16(20(26)22(2)12-6-9-18(24)25)13-23(21-19)15-7-4-3-5-8-15/h3-5,7-8,10-11,13H,6,9,12H2,1-2H3,(H,24,25). The number of furan rings is 1. The number of hydrogen-bond acceptors (Lipinski definition) is 4. The first-order chi connectivity index (χ1) is 13.0. The lowest BCUT2D eigenvalue weighted by molar-refractivity contribution is -0.137. The van der Waals surface area contributed by atoms with Crippen molar-refractivity contribution < 1.29 is 19.1 Å². The van der Waals surface area contributed by atoms with Crippen molar-refractivity contribution in [3.63, 3.8) is 0 Å².